The minimum atomic E-state index is -3.30. The van der Waals surface area contributed by atoms with Crippen LogP contribution in [0.3, 0.4) is 0 Å². The minimum Gasteiger partial charge on any atom is -0.326 e. The van der Waals surface area contributed by atoms with Crippen molar-refractivity contribution >= 4 is 33.2 Å². The van der Waals surface area contributed by atoms with Crippen LogP contribution >= 0.6 is 11.6 Å². The summed E-state index contributed by atoms with van der Waals surface area (Å²) in [5.41, 5.74) is 1.45. The minimum absolute atomic E-state index is 0.116. The van der Waals surface area contributed by atoms with E-state index in [1.165, 1.54) is 10.6 Å². The molecule has 23 heavy (non-hydrogen) atoms. The van der Waals surface area contributed by atoms with Gasteiger partial charge in [-0.1, -0.05) is 37.4 Å². The van der Waals surface area contributed by atoms with Crippen LogP contribution in [0, 0.1) is 6.92 Å². The third-order valence-corrected chi connectivity index (χ3v) is 5.32. The van der Waals surface area contributed by atoms with Gasteiger partial charge in [0.15, 0.2) is 0 Å². The Balaban J connectivity index is 2.59. The van der Waals surface area contributed by atoms with E-state index in [0.29, 0.717) is 17.3 Å². The summed E-state index contributed by atoms with van der Waals surface area (Å²) in [5.74, 6) is -0.223. The molecule has 0 aromatic heterocycles. The fraction of sp³-hybridized carbons (Fsp3) is 0.562. The first kappa shape index (κ1) is 19.9. The highest BCUT2D eigenvalue weighted by atomic mass is 35.5. The molecule has 130 valence electrons. The van der Waals surface area contributed by atoms with Crippen molar-refractivity contribution in [2.24, 2.45) is 0 Å². The van der Waals surface area contributed by atoms with Crippen LogP contribution in [-0.2, 0) is 14.8 Å². The standard InChI is InChI=1S/C16H25ClN2O3S/c1-4-5-6-11-19(23(3,21)22)12-10-16(20)18-15-9-7-8-14(17)13(15)2/h7-9H,4-6,10-12H2,1-3H3,(H,18,20). The maximum absolute atomic E-state index is 12.1. The zero-order valence-corrected chi connectivity index (χ0v) is 15.5. The van der Waals surface area contributed by atoms with Gasteiger partial charge in [-0.15, -0.1) is 0 Å². The van der Waals surface area contributed by atoms with E-state index in [1.54, 1.807) is 18.2 Å². The summed E-state index contributed by atoms with van der Waals surface area (Å²) in [4.78, 5) is 12.1. The van der Waals surface area contributed by atoms with Crippen molar-refractivity contribution in [1.29, 1.82) is 0 Å². The van der Waals surface area contributed by atoms with Crippen molar-refractivity contribution in [3.05, 3.63) is 28.8 Å². The van der Waals surface area contributed by atoms with Crippen LogP contribution in [0.1, 0.15) is 38.2 Å². The third kappa shape index (κ3) is 6.89. The number of amides is 1. The second-order valence-corrected chi connectivity index (χ2v) is 7.97. The summed E-state index contributed by atoms with van der Waals surface area (Å²) in [6.07, 6.45) is 4.09. The number of benzene rings is 1. The molecule has 0 aliphatic rings. The third-order valence-electron chi connectivity index (χ3n) is 3.61. The Morgan fingerprint density at radius 2 is 1.96 bits per heavy atom. The van der Waals surface area contributed by atoms with Crippen molar-refractivity contribution in [1.82, 2.24) is 4.31 Å². The summed E-state index contributed by atoms with van der Waals surface area (Å²) in [5, 5.41) is 3.36. The van der Waals surface area contributed by atoms with E-state index in [-0.39, 0.29) is 18.9 Å². The maximum atomic E-state index is 12.1. The Kier molecular flexibility index (Phi) is 8.02. The van der Waals surface area contributed by atoms with E-state index < -0.39 is 10.0 Å². The average molecular weight is 361 g/mol. The van der Waals surface area contributed by atoms with Crippen LogP contribution in [0.4, 0.5) is 5.69 Å². The summed E-state index contributed by atoms with van der Waals surface area (Å²) in [6, 6.07) is 5.29. The Hall–Kier alpha value is -1.11. The molecule has 1 amide bonds. The molecule has 0 saturated carbocycles. The van der Waals surface area contributed by atoms with Gasteiger partial charge in [0.05, 0.1) is 6.26 Å². The van der Waals surface area contributed by atoms with Gasteiger partial charge in [0.25, 0.3) is 0 Å². The predicted molar refractivity (Wildman–Crippen MR) is 95.4 cm³/mol. The van der Waals surface area contributed by atoms with Crippen LogP contribution in [0.5, 0.6) is 0 Å². The summed E-state index contributed by atoms with van der Waals surface area (Å²) in [6.45, 7) is 4.53. The van der Waals surface area contributed by atoms with Gasteiger partial charge in [0.2, 0.25) is 15.9 Å². The zero-order chi connectivity index (χ0) is 17.5. The highest BCUT2D eigenvalue weighted by molar-refractivity contribution is 7.88. The number of anilines is 1. The van der Waals surface area contributed by atoms with Crippen LogP contribution in [0.15, 0.2) is 18.2 Å². The molecule has 0 aliphatic heterocycles. The lowest BCUT2D eigenvalue weighted by molar-refractivity contribution is -0.116. The van der Waals surface area contributed by atoms with Crippen molar-refractivity contribution < 1.29 is 13.2 Å². The molecule has 0 saturated heterocycles. The normalized spacial score (nSPS) is 11.7. The van der Waals surface area contributed by atoms with E-state index in [0.717, 1.165) is 24.8 Å². The molecule has 0 unspecified atom stereocenters. The Morgan fingerprint density at radius 3 is 2.57 bits per heavy atom. The van der Waals surface area contributed by atoms with Crippen molar-refractivity contribution in [3.63, 3.8) is 0 Å². The fourth-order valence-corrected chi connectivity index (χ4v) is 3.22. The van der Waals surface area contributed by atoms with E-state index >= 15 is 0 Å². The lowest BCUT2D eigenvalue weighted by atomic mass is 10.2. The first-order valence-electron chi connectivity index (χ1n) is 7.75. The second kappa shape index (κ2) is 9.25. The quantitative estimate of drug-likeness (QED) is 0.686. The van der Waals surface area contributed by atoms with Gasteiger partial charge in [0, 0.05) is 30.2 Å². The van der Waals surface area contributed by atoms with E-state index in [4.69, 9.17) is 11.6 Å². The number of hydrogen-bond donors (Lipinski definition) is 1. The lowest BCUT2D eigenvalue weighted by Crippen LogP contribution is -2.34. The number of hydrogen-bond acceptors (Lipinski definition) is 3. The number of rotatable bonds is 9. The van der Waals surface area contributed by atoms with Crippen LogP contribution in [-0.4, -0.2) is 38.0 Å². The highest BCUT2D eigenvalue weighted by Crippen LogP contribution is 2.23. The molecular formula is C16H25ClN2O3S. The monoisotopic (exact) mass is 360 g/mol. The number of unbranched alkanes of at least 4 members (excludes halogenated alkanes) is 2. The maximum Gasteiger partial charge on any atom is 0.225 e. The number of carbonyl (C=O) groups excluding carboxylic acids is 1. The first-order valence-corrected chi connectivity index (χ1v) is 9.98. The molecule has 0 radical (unpaired) electrons. The van der Waals surface area contributed by atoms with Gasteiger partial charge in [-0.3, -0.25) is 4.79 Å². The summed E-state index contributed by atoms with van der Waals surface area (Å²) in [7, 11) is -3.30. The number of nitrogens with zero attached hydrogens (tertiary/aromatic N) is 1. The lowest BCUT2D eigenvalue weighted by Gasteiger charge is -2.19. The SMILES string of the molecule is CCCCCN(CCC(=O)Nc1cccc(Cl)c1C)S(C)(=O)=O. The second-order valence-electron chi connectivity index (χ2n) is 5.58. The Morgan fingerprint density at radius 1 is 1.26 bits per heavy atom. The van der Waals surface area contributed by atoms with Crippen molar-refractivity contribution in [2.45, 2.75) is 39.5 Å². The molecule has 1 aromatic rings. The molecule has 7 heteroatoms. The van der Waals surface area contributed by atoms with E-state index in [2.05, 4.69) is 12.2 Å². The molecule has 1 N–H and O–H groups in total. The molecule has 0 atom stereocenters. The van der Waals surface area contributed by atoms with Gasteiger partial charge >= 0.3 is 0 Å². The molecule has 5 nitrogen and oxygen atoms in total. The average Bonchev–Trinajstić information content (AvgIpc) is 2.46. The molecule has 0 heterocycles. The van der Waals surface area contributed by atoms with Gasteiger partial charge in [-0.05, 0) is 31.0 Å². The fourth-order valence-electron chi connectivity index (χ4n) is 2.16. The van der Waals surface area contributed by atoms with E-state index in [9.17, 15) is 13.2 Å². The zero-order valence-electron chi connectivity index (χ0n) is 13.9. The van der Waals surface area contributed by atoms with Gasteiger partial charge < -0.3 is 5.32 Å². The molecule has 0 spiro atoms. The first-order chi connectivity index (χ1) is 10.8. The summed E-state index contributed by atoms with van der Waals surface area (Å²) >= 11 is 6.02. The number of halogens is 1. The topological polar surface area (TPSA) is 66.5 Å². The smallest absolute Gasteiger partial charge is 0.225 e. The Labute approximate surface area is 144 Å². The van der Waals surface area contributed by atoms with Crippen molar-refractivity contribution in [3.8, 4) is 0 Å². The largest absolute Gasteiger partial charge is 0.326 e. The molecule has 0 aliphatic carbocycles. The molecule has 0 bridgehead atoms. The number of nitrogens with one attached hydrogen (secondary N) is 1. The molecular weight excluding hydrogens is 336 g/mol. The number of carbonyl (C=O) groups is 1. The van der Waals surface area contributed by atoms with Gasteiger partial charge in [0.1, 0.15) is 0 Å². The molecule has 1 rings (SSSR count). The molecule has 0 fully saturated rings. The predicted octanol–water partition coefficient (Wildman–Crippen LogP) is 3.43. The van der Waals surface area contributed by atoms with Gasteiger partial charge in [-0.25, -0.2) is 12.7 Å². The van der Waals surface area contributed by atoms with Crippen LogP contribution in [0.25, 0.3) is 0 Å². The van der Waals surface area contributed by atoms with Crippen molar-refractivity contribution in [2.75, 3.05) is 24.7 Å². The molecule has 1 aromatic carbocycles. The number of sulfonamides is 1. The van der Waals surface area contributed by atoms with Crippen LogP contribution < -0.4 is 5.32 Å². The summed E-state index contributed by atoms with van der Waals surface area (Å²) < 4.78 is 24.9. The van der Waals surface area contributed by atoms with E-state index in [1.807, 2.05) is 6.92 Å². The van der Waals surface area contributed by atoms with Crippen LogP contribution in [0.2, 0.25) is 5.02 Å². The van der Waals surface area contributed by atoms with Gasteiger partial charge in [-0.2, -0.15) is 0 Å². The Bertz CT molecular complexity index is 632. The highest BCUT2D eigenvalue weighted by Gasteiger charge is 2.17.